The fourth-order valence-corrected chi connectivity index (χ4v) is 3.18. The minimum Gasteiger partial charge on any atom is -0.348 e. The summed E-state index contributed by atoms with van der Waals surface area (Å²) in [5.74, 6) is 0. The maximum absolute atomic E-state index is 12.8. The van der Waals surface area contributed by atoms with E-state index in [4.69, 9.17) is 11.6 Å². The maximum Gasteiger partial charge on any atom is 0.283 e. The molecule has 138 valence electrons. The summed E-state index contributed by atoms with van der Waals surface area (Å²) in [6.07, 6.45) is 7.15. The molecule has 0 saturated heterocycles. The van der Waals surface area contributed by atoms with Crippen molar-refractivity contribution in [3.63, 3.8) is 0 Å². The number of aryl methyl sites for hydroxylation is 2. The van der Waals surface area contributed by atoms with Gasteiger partial charge in [-0.3, -0.25) is 9.36 Å². The van der Waals surface area contributed by atoms with E-state index in [-0.39, 0.29) is 11.1 Å². The second kappa shape index (κ2) is 6.54. The van der Waals surface area contributed by atoms with Crippen molar-refractivity contribution in [3.05, 3.63) is 70.4 Å². The average molecular weight is 393 g/mol. The number of imidazole rings is 1. The first-order valence-corrected chi connectivity index (χ1v) is 8.91. The number of aromatic amines is 1. The smallest absolute Gasteiger partial charge is 0.283 e. The quantitative estimate of drug-likeness (QED) is 0.502. The van der Waals surface area contributed by atoms with E-state index in [9.17, 15) is 4.79 Å². The molecule has 1 N–H and O–H groups in total. The molecule has 0 bridgehead atoms. The van der Waals surface area contributed by atoms with Crippen molar-refractivity contribution in [1.82, 2.24) is 39.3 Å². The van der Waals surface area contributed by atoms with Crippen LogP contribution in [0.5, 0.6) is 0 Å². The highest BCUT2D eigenvalue weighted by Gasteiger charge is 2.15. The van der Waals surface area contributed by atoms with Crippen molar-refractivity contribution in [2.75, 3.05) is 0 Å². The first kappa shape index (κ1) is 16.6. The van der Waals surface area contributed by atoms with Crippen molar-refractivity contribution < 1.29 is 0 Å². The van der Waals surface area contributed by atoms with Crippen molar-refractivity contribution in [2.45, 2.75) is 13.0 Å². The molecule has 0 aliphatic heterocycles. The summed E-state index contributed by atoms with van der Waals surface area (Å²) in [5.41, 5.74) is 3.43. The first-order chi connectivity index (χ1) is 13.7. The molecule has 0 fully saturated rings. The molecule has 4 heterocycles. The van der Waals surface area contributed by atoms with Gasteiger partial charge in [0.1, 0.15) is 6.33 Å². The Kier molecular flexibility index (Phi) is 3.87. The van der Waals surface area contributed by atoms with Gasteiger partial charge in [-0.05, 0) is 17.7 Å². The summed E-state index contributed by atoms with van der Waals surface area (Å²) in [6.45, 7) is 0.457. The zero-order valence-corrected chi connectivity index (χ0v) is 15.2. The van der Waals surface area contributed by atoms with Gasteiger partial charge >= 0.3 is 0 Å². The number of halogens is 1. The predicted molar refractivity (Wildman–Crippen MR) is 103 cm³/mol. The molecule has 9 nitrogen and oxygen atoms in total. The minimum atomic E-state index is -0.262. The highest BCUT2D eigenvalue weighted by molar-refractivity contribution is 6.30. The molecular weight excluding hydrogens is 380 g/mol. The molecular formula is C18H13ClN8O. The van der Waals surface area contributed by atoms with Crippen molar-refractivity contribution >= 4 is 28.4 Å². The van der Waals surface area contributed by atoms with Gasteiger partial charge in [-0.1, -0.05) is 23.7 Å². The van der Waals surface area contributed by atoms with E-state index in [2.05, 4.69) is 30.2 Å². The van der Waals surface area contributed by atoms with E-state index in [0.29, 0.717) is 29.3 Å². The van der Waals surface area contributed by atoms with Gasteiger partial charge in [0.05, 0.1) is 12.5 Å². The second-order valence-corrected chi connectivity index (χ2v) is 6.68. The number of rotatable bonds is 4. The Morgan fingerprint density at radius 2 is 1.93 bits per heavy atom. The molecule has 1 aromatic carbocycles. The third-order valence-corrected chi connectivity index (χ3v) is 4.77. The number of hydrogen-bond acceptors (Lipinski definition) is 6. The van der Waals surface area contributed by atoms with Crippen molar-refractivity contribution in [1.29, 1.82) is 0 Å². The molecule has 0 unspecified atom stereocenters. The molecule has 0 aliphatic carbocycles. The lowest BCUT2D eigenvalue weighted by atomic mass is 10.1. The highest BCUT2D eigenvalue weighted by Crippen LogP contribution is 2.25. The van der Waals surface area contributed by atoms with Gasteiger partial charge < -0.3 is 4.98 Å². The summed E-state index contributed by atoms with van der Waals surface area (Å²) in [5, 5.41) is 13.4. The van der Waals surface area contributed by atoms with Crippen LogP contribution in [0.3, 0.4) is 0 Å². The molecule has 0 spiro atoms. The van der Waals surface area contributed by atoms with Gasteiger partial charge in [-0.2, -0.15) is 9.61 Å². The Morgan fingerprint density at radius 3 is 2.71 bits per heavy atom. The van der Waals surface area contributed by atoms with Crippen LogP contribution in [0.4, 0.5) is 0 Å². The summed E-state index contributed by atoms with van der Waals surface area (Å²) in [4.78, 5) is 24.2. The number of nitrogens with zero attached hydrogens (tertiary/aromatic N) is 7. The van der Waals surface area contributed by atoms with Crippen LogP contribution in [0, 0.1) is 0 Å². The maximum atomic E-state index is 12.8. The zero-order valence-electron chi connectivity index (χ0n) is 14.4. The number of benzene rings is 1. The number of hydrogen-bond donors (Lipinski definition) is 1. The van der Waals surface area contributed by atoms with E-state index >= 15 is 0 Å². The van der Waals surface area contributed by atoms with Gasteiger partial charge in [-0.25, -0.2) is 9.97 Å². The van der Waals surface area contributed by atoms with Crippen LogP contribution >= 0.6 is 11.6 Å². The molecule has 4 aromatic heterocycles. The lowest BCUT2D eigenvalue weighted by molar-refractivity contribution is 0.651. The number of H-pyrrole nitrogens is 1. The third kappa shape index (κ3) is 2.72. The van der Waals surface area contributed by atoms with Gasteiger partial charge in [-0.15, -0.1) is 10.2 Å². The number of aromatic nitrogens is 8. The summed E-state index contributed by atoms with van der Waals surface area (Å²) >= 11 is 5.96. The van der Waals surface area contributed by atoms with E-state index in [1.165, 1.54) is 15.4 Å². The van der Waals surface area contributed by atoms with Gasteiger partial charge in [0.15, 0.2) is 16.8 Å². The second-order valence-electron chi connectivity index (χ2n) is 6.24. The van der Waals surface area contributed by atoms with E-state index in [0.717, 1.165) is 16.8 Å². The fourth-order valence-electron chi connectivity index (χ4n) is 3.06. The SMILES string of the molecule is O=c1c2nnc3c(-c4ccc(Cl)cc4)cnn3c2ncn1CCc1cnc[nH]1. The molecule has 5 aromatic rings. The predicted octanol–water partition coefficient (Wildman–Crippen LogP) is 2.12. The Morgan fingerprint density at radius 1 is 1.07 bits per heavy atom. The van der Waals surface area contributed by atoms with Crippen LogP contribution in [0.2, 0.25) is 5.02 Å². The molecule has 0 saturated carbocycles. The van der Waals surface area contributed by atoms with Crippen molar-refractivity contribution in [2.24, 2.45) is 0 Å². The Hall–Kier alpha value is -3.59. The Labute approximate surface area is 162 Å². The van der Waals surface area contributed by atoms with Gasteiger partial charge in [0.25, 0.3) is 5.56 Å². The van der Waals surface area contributed by atoms with Gasteiger partial charge in [0, 0.05) is 35.4 Å². The Bertz CT molecular complexity index is 1340. The van der Waals surface area contributed by atoms with Crippen LogP contribution in [0.25, 0.3) is 27.9 Å². The third-order valence-electron chi connectivity index (χ3n) is 4.52. The number of nitrogens with one attached hydrogen (secondary N) is 1. The number of fused-ring (bicyclic) bond motifs is 3. The zero-order chi connectivity index (χ0) is 19.1. The van der Waals surface area contributed by atoms with Crippen LogP contribution in [0.1, 0.15) is 5.69 Å². The van der Waals surface area contributed by atoms with Crippen LogP contribution < -0.4 is 5.56 Å². The summed E-state index contributed by atoms with van der Waals surface area (Å²) in [6, 6.07) is 7.36. The molecule has 0 aliphatic rings. The van der Waals surface area contributed by atoms with E-state index in [1.54, 1.807) is 30.9 Å². The topological polar surface area (TPSA) is 107 Å². The van der Waals surface area contributed by atoms with E-state index in [1.807, 2.05) is 12.1 Å². The fraction of sp³-hybridized carbons (Fsp3) is 0.111. The minimum absolute atomic E-state index is 0.172. The molecule has 5 rings (SSSR count). The summed E-state index contributed by atoms with van der Waals surface area (Å²) < 4.78 is 3.04. The lowest BCUT2D eigenvalue weighted by Gasteiger charge is -2.06. The molecule has 28 heavy (non-hydrogen) atoms. The van der Waals surface area contributed by atoms with Crippen LogP contribution in [-0.4, -0.2) is 39.3 Å². The monoisotopic (exact) mass is 392 g/mol. The molecule has 0 amide bonds. The van der Waals surface area contributed by atoms with Gasteiger partial charge in [0.2, 0.25) is 0 Å². The largest absolute Gasteiger partial charge is 0.348 e. The standard InChI is InChI=1S/C18H13ClN8O/c19-12-3-1-11(2-4-12)14-8-23-27-16(14)25-24-15-17(27)22-10-26(18(15)28)6-5-13-7-20-9-21-13/h1-4,7-10H,5-6H2,(H,20,21). The molecule has 0 radical (unpaired) electrons. The van der Waals surface area contributed by atoms with Crippen LogP contribution in [0.15, 0.2) is 54.1 Å². The first-order valence-electron chi connectivity index (χ1n) is 8.53. The molecule has 10 heteroatoms. The highest BCUT2D eigenvalue weighted by atomic mass is 35.5. The summed E-state index contributed by atoms with van der Waals surface area (Å²) in [7, 11) is 0. The normalized spacial score (nSPS) is 11.5. The van der Waals surface area contributed by atoms with E-state index < -0.39 is 0 Å². The lowest BCUT2D eigenvalue weighted by Crippen LogP contribution is -2.24. The van der Waals surface area contributed by atoms with Crippen LogP contribution in [-0.2, 0) is 13.0 Å². The Balaban J connectivity index is 1.58. The average Bonchev–Trinajstić information content (AvgIpc) is 3.38. The van der Waals surface area contributed by atoms with Crippen molar-refractivity contribution in [3.8, 4) is 11.1 Å². The molecule has 0 atom stereocenters.